The number of aryl methyl sites for hydroxylation is 1. The summed E-state index contributed by atoms with van der Waals surface area (Å²) in [6.45, 7) is 3.03. The van der Waals surface area contributed by atoms with Gasteiger partial charge in [-0.15, -0.1) is 0 Å². The van der Waals surface area contributed by atoms with Crippen LogP contribution < -0.4 is 0 Å². The van der Waals surface area contributed by atoms with Crippen LogP contribution >= 0.6 is 0 Å². The first kappa shape index (κ1) is 13.7. The number of rotatable bonds is 5. The number of aliphatic hydroxyl groups is 1. The van der Waals surface area contributed by atoms with Gasteiger partial charge in [-0.25, -0.2) is 9.97 Å². The molecule has 108 valence electrons. The molecule has 0 spiro atoms. The van der Waals surface area contributed by atoms with Crippen molar-refractivity contribution in [1.82, 2.24) is 19.5 Å². The van der Waals surface area contributed by atoms with E-state index in [0.29, 0.717) is 12.1 Å². The second-order valence-corrected chi connectivity index (χ2v) is 5.04. The third-order valence-electron chi connectivity index (χ3n) is 3.45. The number of hydrogen-bond donors (Lipinski definition) is 1. The molecule has 3 aromatic rings. The predicted molar refractivity (Wildman–Crippen MR) is 80.7 cm³/mol. The van der Waals surface area contributed by atoms with E-state index in [2.05, 4.69) is 26.4 Å². The Labute approximate surface area is 123 Å². The minimum absolute atomic E-state index is 0.444. The van der Waals surface area contributed by atoms with Gasteiger partial charge in [0.25, 0.3) is 0 Å². The van der Waals surface area contributed by atoms with E-state index in [9.17, 15) is 5.11 Å². The second kappa shape index (κ2) is 6.01. The van der Waals surface area contributed by atoms with Gasteiger partial charge in [0.05, 0.1) is 22.9 Å². The molecule has 0 saturated carbocycles. The molecular weight excluding hydrogens is 264 g/mol. The van der Waals surface area contributed by atoms with Crippen molar-refractivity contribution in [1.29, 1.82) is 0 Å². The first-order valence-electron chi connectivity index (χ1n) is 7.17. The van der Waals surface area contributed by atoms with Crippen LogP contribution in [-0.2, 0) is 13.0 Å². The lowest BCUT2D eigenvalue weighted by Crippen LogP contribution is -2.10. The lowest BCUT2D eigenvalue weighted by molar-refractivity contribution is 0.169. The molecule has 0 aliphatic carbocycles. The van der Waals surface area contributed by atoms with Gasteiger partial charge in [0.1, 0.15) is 11.9 Å². The third kappa shape index (κ3) is 2.92. The highest BCUT2D eigenvalue weighted by atomic mass is 16.3. The van der Waals surface area contributed by atoms with Gasteiger partial charge in [0.15, 0.2) is 0 Å². The molecule has 0 saturated heterocycles. The van der Waals surface area contributed by atoms with Gasteiger partial charge in [-0.2, -0.15) is 0 Å². The molecule has 0 fully saturated rings. The van der Waals surface area contributed by atoms with E-state index >= 15 is 0 Å². The van der Waals surface area contributed by atoms with Crippen LogP contribution in [0, 0.1) is 0 Å². The summed E-state index contributed by atoms with van der Waals surface area (Å²) in [6.07, 6.45) is 6.14. The number of benzene rings is 1. The summed E-state index contributed by atoms with van der Waals surface area (Å²) >= 11 is 0. The van der Waals surface area contributed by atoms with Crippen molar-refractivity contribution >= 4 is 11.0 Å². The van der Waals surface area contributed by atoms with Crippen molar-refractivity contribution in [2.24, 2.45) is 0 Å². The number of nitrogens with zero attached hydrogens (tertiary/aromatic N) is 4. The number of hydrogen-bond acceptors (Lipinski definition) is 4. The van der Waals surface area contributed by atoms with Crippen molar-refractivity contribution in [3.05, 3.63) is 54.4 Å². The van der Waals surface area contributed by atoms with E-state index in [4.69, 9.17) is 0 Å². The van der Waals surface area contributed by atoms with Gasteiger partial charge >= 0.3 is 0 Å². The highest BCUT2D eigenvalue weighted by Crippen LogP contribution is 2.18. The highest BCUT2D eigenvalue weighted by molar-refractivity contribution is 5.73. The fourth-order valence-corrected chi connectivity index (χ4v) is 2.38. The Kier molecular flexibility index (Phi) is 3.92. The SMILES string of the molecule is CCCn1ccnc1CC(O)c1cnc2ccccc2n1. The molecule has 5 nitrogen and oxygen atoms in total. The van der Waals surface area contributed by atoms with Crippen LogP contribution in [0.2, 0.25) is 0 Å². The van der Waals surface area contributed by atoms with E-state index in [1.165, 1.54) is 0 Å². The molecule has 3 rings (SSSR count). The van der Waals surface area contributed by atoms with Crippen LogP contribution in [0.25, 0.3) is 11.0 Å². The molecule has 2 heterocycles. The number of aliphatic hydroxyl groups excluding tert-OH is 1. The molecule has 0 aliphatic heterocycles. The maximum absolute atomic E-state index is 10.4. The second-order valence-electron chi connectivity index (χ2n) is 5.04. The highest BCUT2D eigenvalue weighted by Gasteiger charge is 2.14. The molecule has 1 atom stereocenters. The average molecular weight is 282 g/mol. The van der Waals surface area contributed by atoms with Gasteiger partial charge in [-0.1, -0.05) is 19.1 Å². The summed E-state index contributed by atoms with van der Waals surface area (Å²) in [5, 5.41) is 10.4. The summed E-state index contributed by atoms with van der Waals surface area (Å²) in [5.74, 6) is 0.874. The van der Waals surface area contributed by atoms with Crippen molar-refractivity contribution in [3.8, 4) is 0 Å². The molecular formula is C16H18N4O. The van der Waals surface area contributed by atoms with Crippen LogP contribution in [0.15, 0.2) is 42.9 Å². The molecule has 0 aliphatic rings. The van der Waals surface area contributed by atoms with E-state index in [1.807, 2.05) is 30.5 Å². The van der Waals surface area contributed by atoms with Crippen molar-refractivity contribution in [2.75, 3.05) is 0 Å². The van der Waals surface area contributed by atoms with Gasteiger partial charge < -0.3 is 9.67 Å². The Balaban J connectivity index is 1.83. The topological polar surface area (TPSA) is 63.8 Å². The van der Waals surface area contributed by atoms with Crippen molar-refractivity contribution in [2.45, 2.75) is 32.4 Å². The van der Waals surface area contributed by atoms with Crippen LogP contribution in [0.5, 0.6) is 0 Å². The van der Waals surface area contributed by atoms with Crippen LogP contribution in [0.3, 0.4) is 0 Å². The van der Waals surface area contributed by atoms with E-state index < -0.39 is 6.10 Å². The first-order valence-corrected chi connectivity index (χ1v) is 7.17. The van der Waals surface area contributed by atoms with Crippen LogP contribution in [0.1, 0.15) is 31.0 Å². The number of fused-ring (bicyclic) bond motifs is 1. The van der Waals surface area contributed by atoms with E-state index in [0.717, 1.165) is 29.8 Å². The summed E-state index contributed by atoms with van der Waals surface area (Å²) in [6, 6.07) is 7.65. The molecule has 0 bridgehead atoms. The third-order valence-corrected chi connectivity index (χ3v) is 3.45. The van der Waals surface area contributed by atoms with Crippen LogP contribution in [0.4, 0.5) is 0 Å². The minimum atomic E-state index is -0.694. The van der Waals surface area contributed by atoms with Crippen LogP contribution in [-0.4, -0.2) is 24.6 Å². The van der Waals surface area contributed by atoms with E-state index in [-0.39, 0.29) is 0 Å². The standard InChI is InChI=1S/C16H18N4O/c1-2-8-20-9-7-17-16(20)10-15(21)14-11-18-12-5-3-4-6-13(12)19-14/h3-7,9,11,15,21H,2,8,10H2,1H3. The van der Waals surface area contributed by atoms with Gasteiger partial charge in [-0.05, 0) is 18.6 Å². The number of aromatic nitrogens is 4. The Morgan fingerprint density at radius 2 is 2.00 bits per heavy atom. The first-order chi connectivity index (χ1) is 10.3. The van der Waals surface area contributed by atoms with Crippen molar-refractivity contribution in [3.63, 3.8) is 0 Å². The molecule has 2 aromatic heterocycles. The number of para-hydroxylation sites is 2. The zero-order valence-corrected chi connectivity index (χ0v) is 12.0. The van der Waals surface area contributed by atoms with E-state index in [1.54, 1.807) is 12.4 Å². The lowest BCUT2D eigenvalue weighted by atomic mass is 10.1. The fourth-order valence-electron chi connectivity index (χ4n) is 2.38. The Hall–Kier alpha value is -2.27. The van der Waals surface area contributed by atoms with Gasteiger partial charge in [0.2, 0.25) is 0 Å². The Bertz CT molecular complexity index is 738. The quantitative estimate of drug-likeness (QED) is 0.781. The fraction of sp³-hybridized carbons (Fsp3) is 0.312. The minimum Gasteiger partial charge on any atom is -0.386 e. The van der Waals surface area contributed by atoms with Crippen molar-refractivity contribution < 1.29 is 5.11 Å². The molecule has 21 heavy (non-hydrogen) atoms. The summed E-state index contributed by atoms with van der Waals surface area (Å²) in [7, 11) is 0. The zero-order valence-electron chi connectivity index (χ0n) is 12.0. The average Bonchev–Trinajstić information content (AvgIpc) is 2.94. The van der Waals surface area contributed by atoms with Gasteiger partial charge in [-0.3, -0.25) is 4.98 Å². The largest absolute Gasteiger partial charge is 0.386 e. The Morgan fingerprint density at radius 1 is 1.19 bits per heavy atom. The normalized spacial score (nSPS) is 12.7. The Morgan fingerprint density at radius 3 is 2.81 bits per heavy atom. The molecule has 1 unspecified atom stereocenters. The summed E-state index contributed by atoms with van der Waals surface area (Å²) < 4.78 is 2.07. The van der Waals surface area contributed by atoms with Gasteiger partial charge in [0, 0.05) is 25.4 Å². The number of imidazole rings is 1. The zero-order chi connectivity index (χ0) is 14.7. The monoisotopic (exact) mass is 282 g/mol. The molecule has 5 heteroatoms. The molecule has 0 amide bonds. The summed E-state index contributed by atoms with van der Waals surface area (Å²) in [5.41, 5.74) is 2.21. The lowest BCUT2D eigenvalue weighted by Gasteiger charge is -2.12. The smallest absolute Gasteiger partial charge is 0.111 e. The predicted octanol–water partition coefficient (Wildman–Crippen LogP) is 2.51. The molecule has 0 radical (unpaired) electrons. The maximum Gasteiger partial charge on any atom is 0.111 e. The maximum atomic E-state index is 10.4. The molecule has 1 N–H and O–H groups in total. The molecule has 1 aromatic carbocycles. The summed E-state index contributed by atoms with van der Waals surface area (Å²) in [4.78, 5) is 13.1.